The van der Waals surface area contributed by atoms with Crippen LogP contribution in [0.5, 0.6) is 0 Å². The second-order valence-corrected chi connectivity index (χ2v) is 7.98. The molecule has 3 rings (SSSR count). The monoisotopic (exact) mass is 343 g/mol. The Balaban J connectivity index is 1.44. The summed E-state index contributed by atoms with van der Waals surface area (Å²) in [5.74, 6) is 0.900. The van der Waals surface area contributed by atoms with E-state index in [-0.39, 0.29) is 0 Å². The number of rotatable bonds is 7. The highest BCUT2D eigenvalue weighted by Crippen LogP contribution is 2.22. The second-order valence-electron chi connectivity index (χ2n) is 7.98. The minimum Gasteiger partial charge on any atom is -0.303 e. The topological polar surface area (TPSA) is 9.72 Å². The van der Waals surface area contributed by atoms with E-state index in [0.717, 1.165) is 25.0 Å². The Morgan fingerprint density at radius 3 is 2.40 bits per heavy atom. The number of benzene rings is 1. The van der Waals surface area contributed by atoms with Crippen molar-refractivity contribution in [1.29, 1.82) is 0 Å². The van der Waals surface area contributed by atoms with Crippen molar-refractivity contribution in [3.05, 3.63) is 35.9 Å². The molecule has 2 fully saturated rings. The van der Waals surface area contributed by atoms with Crippen LogP contribution in [0, 0.1) is 5.92 Å². The number of likely N-dealkylation sites (tertiary alicyclic amines) is 2. The fourth-order valence-electron chi connectivity index (χ4n) is 4.74. The molecule has 3 nitrogen and oxygen atoms in total. The number of hydrogen-bond acceptors (Lipinski definition) is 3. The fourth-order valence-corrected chi connectivity index (χ4v) is 4.74. The molecule has 0 aromatic heterocycles. The minimum atomic E-state index is 0.764. The van der Waals surface area contributed by atoms with E-state index < -0.39 is 0 Å². The molecule has 25 heavy (non-hydrogen) atoms. The van der Waals surface area contributed by atoms with Gasteiger partial charge in [0.15, 0.2) is 0 Å². The molecule has 3 heteroatoms. The summed E-state index contributed by atoms with van der Waals surface area (Å²) >= 11 is 0. The maximum atomic E-state index is 2.75. The molecule has 0 N–H and O–H groups in total. The summed E-state index contributed by atoms with van der Waals surface area (Å²) in [5.41, 5.74) is 1.45. The van der Waals surface area contributed by atoms with Gasteiger partial charge in [-0.15, -0.1) is 0 Å². The van der Waals surface area contributed by atoms with Crippen molar-refractivity contribution >= 4 is 0 Å². The van der Waals surface area contributed by atoms with Gasteiger partial charge in [0.05, 0.1) is 0 Å². The zero-order chi connectivity index (χ0) is 17.5. The van der Waals surface area contributed by atoms with E-state index in [1.807, 2.05) is 0 Å². The van der Waals surface area contributed by atoms with Crippen molar-refractivity contribution < 1.29 is 0 Å². The average molecular weight is 344 g/mol. The molecule has 0 unspecified atom stereocenters. The van der Waals surface area contributed by atoms with E-state index >= 15 is 0 Å². The van der Waals surface area contributed by atoms with E-state index in [2.05, 4.69) is 58.9 Å². The Kier molecular flexibility index (Phi) is 7.33. The van der Waals surface area contributed by atoms with Crippen LogP contribution in [0.2, 0.25) is 0 Å². The molecule has 2 aliphatic rings. The predicted octanol–water partition coefficient (Wildman–Crippen LogP) is 3.70. The van der Waals surface area contributed by atoms with Crippen molar-refractivity contribution in [2.24, 2.45) is 5.92 Å². The zero-order valence-corrected chi connectivity index (χ0v) is 16.4. The largest absolute Gasteiger partial charge is 0.303 e. The molecule has 1 atom stereocenters. The molecule has 0 saturated carbocycles. The van der Waals surface area contributed by atoms with E-state index in [9.17, 15) is 0 Å². The van der Waals surface area contributed by atoms with Gasteiger partial charge in [-0.2, -0.15) is 0 Å². The van der Waals surface area contributed by atoms with Crippen LogP contribution in [-0.2, 0) is 6.54 Å². The third-order valence-corrected chi connectivity index (χ3v) is 6.27. The van der Waals surface area contributed by atoms with Crippen molar-refractivity contribution in [3.63, 3.8) is 0 Å². The molecule has 2 heterocycles. The van der Waals surface area contributed by atoms with Gasteiger partial charge in [0.2, 0.25) is 0 Å². The molecule has 0 radical (unpaired) electrons. The van der Waals surface area contributed by atoms with Gasteiger partial charge in [0.1, 0.15) is 0 Å². The average Bonchev–Trinajstić information content (AvgIpc) is 2.68. The van der Waals surface area contributed by atoms with Crippen molar-refractivity contribution in [3.8, 4) is 0 Å². The predicted molar refractivity (Wildman–Crippen MR) is 107 cm³/mol. The third kappa shape index (κ3) is 5.54. The van der Waals surface area contributed by atoms with Crippen molar-refractivity contribution in [2.45, 2.75) is 52.1 Å². The highest BCUT2D eigenvalue weighted by molar-refractivity contribution is 5.14. The normalized spacial score (nSPS) is 24.0. The highest BCUT2D eigenvalue weighted by atomic mass is 15.2. The zero-order valence-electron chi connectivity index (χ0n) is 16.4. The molecule has 1 aromatic carbocycles. The van der Waals surface area contributed by atoms with E-state index in [1.165, 1.54) is 70.5 Å². The molecular formula is C22H37N3. The third-order valence-electron chi connectivity index (χ3n) is 6.27. The van der Waals surface area contributed by atoms with E-state index in [4.69, 9.17) is 0 Å². The number of nitrogens with zero attached hydrogens (tertiary/aromatic N) is 3. The van der Waals surface area contributed by atoms with E-state index in [1.54, 1.807) is 0 Å². The summed E-state index contributed by atoms with van der Waals surface area (Å²) < 4.78 is 0. The van der Waals surface area contributed by atoms with Crippen LogP contribution in [0.15, 0.2) is 30.3 Å². The van der Waals surface area contributed by atoms with Crippen LogP contribution in [0.3, 0.4) is 0 Å². The van der Waals surface area contributed by atoms with Crippen LogP contribution in [-0.4, -0.2) is 66.6 Å². The lowest BCUT2D eigenvalue weighted by Gasteiger charge is -2.41. The summed E-state index contributed by atoms with van der Waals surface area (Å²) in [6.07, 6.45) is 5.51. The Labute approximate surface area is 155 Å². The Morgan fingerprint density at radius 1 is 0.960 bits per heavy atom. The first-order chi connectivity index (χ1) is 12.3. The molecule has 0 aliphatic carbocycles. The Morgan fingerprint density at radius 2 is 1.72 bits per heavy atom. The molecule has 2 aliphatic heterocycles. The van der Waals surface area contributed by atoms with Crippen LogP contribution in [0.1, 0.15) is 45.1 Å². The molecule has 2 saturated heterocycles. The summed E-state index contributed by atoms with van der Waals surface area (Å²) in [5, 5.41) is 0. The fraction of sp³-hybridized carbons (Fsp3) is 0.727. The molecular weight excluding hydrogens is 306 g/mol. The maximum Gasteiger partial charge on any atom is 0.0236 e. The quantitative estimate of drug-likeness (QED) is 0.747. The van der Waals surface area contributed by atoms with Gasteiger partial charge in [-0.3, -0.25) is 4.90 Å². The van der Waals surface area contributed by atoms with Crippen LogP contribution >= 0.6 is 0 Å². The van der Waals surface area contributed by atoms with Crippen molar-refractivity contribution in [2.75, 3.05) is 45.8 Å². The molecule has 0 amide bonds. The van der Waals surface area contributed by atoms with Gasteiger partial charge in [0.25, 0.3) is 0 Å². The van der Waals surface area contributed by atoms with Gasteiger partial charge in [-0.25, -0.2) is 0 Å². The lowest BCUT2D eigenvalue weighted by molar-refractivity contribution is 0.0811. The summed E-state index contributed by atoms with van der Waals surface area (Å²) in [7, 11) is 0. The molecule has 0 bridgehead atoms. The highest BCUT2D eigenvalue weighted by Gasteiger charge is 2.26. The minimum absolute atomic E-state index is 0.764. The van der Waals surface area contributed by atoms with Crippen LogP contribution in [0.4, 0.5) is 0 Å². The van der Waals surface area contributed by atoms with Crippen LogP contribution in [0.25, 0.3) is 0 Å². The van der Waals surface area contributed by atoms with Gasteiger partial charge < -0.3 is 9.80 Å². The Bertz CT molecular complexity index is 481. The maximum absolute atomic E-state index is 2.75. The molecule has 140 valence electrons. The van der Waals surface area contributed by atoms with Crippen LogP contribution < -0.4 is 0 Å². The summed E-state index contributed by atoms with van der Waals surface area (Å²) in [4.78, 5) is 8.07. The van der Waals surface area contributed by atoms with Gasteiger partial charge >= 0.3 is 0 Å². The molecule has 0 spiro atoms. The lowest BCUT2D eigenvalue weighted by atomic mass is 9.95. The van der Waals surface area contributed by atoms with Gasteiger partial charge in [-0.05, 0) is 69.9 Å². The number of hydrogen-bond donors (Lipinski definition) is 0. The van der Waals surface area contributed by atoms with Gasteiger partial charge in [0, 0.05) is 25.7 Å². The Hall–Kier alpha value is -0.900. The smallest absolute Gasteiger partial charge is 0.0236 e. The first kappa shape index (κ1) is 18.9. The second kappa shape index (κ2) is 9.70. The lowest BCUT2D eigenvalue weighted by Crippen LogP contribution is -2.47. The van der Waals surface area contributed by atoms with Gasteiger partial charge in [-0.1, -0.05) is 44.2 Å². The van der Waals surface area contributed by atoms with Crippen molar-refractivity contribution in [1.82, 2.24) is 14.7 Å². The summed E-state index contributed by atoms with van der Waals surface area (Å²) in [6, 6.07) is 11.7. The number of piperidine rings is 2. The summed E-state index contributed by atoms with van der Waals surface area (Å²) in [6.45, 7) is 14.7. The standard InChI is InChI=1S/C22H37N3/c1-3-23-14-8-11-21(17-23)18-24-15-12-22(13-16-24)25(4-2)19-20-9-6-5-7-10-20/h5-7,9-10,21-22H,3-4,8,11-19H2,1-2H3/t21-/m1/s1. The first-order valence-corrected chi connectivity index (χ1v) is 10.5. The first-order valence-electron chi connectivity index (χ1n) is 10.5. The van der Waals surface area contributed by atoms with E-state index in [0.29, 0.717) is 0 Å². The SMILES string of the molecule is CCN1CCC[C@@H](CN2CCC(N(CC)Cc3ccccc3)CC2)C1. The molecule has 1 aromatic rings.